The number of carbonyl (C=O) groups is 4. The molecule has 1 unspecified atom stereocenters. The zero-order valence-electron chi connectivity index (χ0n) is 16.4. The second-order valence-electron chi connectivity index (χ2n) is 5.75. The van der Waals surface area contributed by atoms with Crippen LogP contribution in [0.2, 0.25) is 0 Å². The summed E-state index contributed by atoms with van der Waals surface area (Å²) in [6.45, 7) is 0. The molecule has 0 heterocycles. The summed E-state index contributed by atoms with van der Waals surface area (Å²) >= 11 is 1.67. The lowest BCUT2D eigenvalue weighted by atomic mass is 10.1. The quantitative estimate of drug-likeness (QED) is 0.176. The standard InChI is InChI=1S/C11H22N2O4S.2C2HF3O2/c12-8(10(14)15)4-2-1-3-6-18-7-5-9(13)11(16)17;2*3-2(4,5)1(6)7/h8-9H,1-7,12-13H2,(H,14,15)(H,16,17);2*(H,6,7)/t8?,9-;;/m0../s1. The van der Waals surface area contributed by atoms with Gasteiger partial charge in [-0.1, -0.05) is 12.8 Å². The van der Waals surface area contributed by atoms with Gasteiger partial charge in [-0.05, 0) is 30.8 Å². The molecule has 0 aromatic rings. The summed E-state index contributed by atoms with van der Waals surface area (Å²) in [5.74, 6) is -5.75. The van der Waals surface area contributed by atoms with Crippen LogP contribution >= 0.6 is 11.8 Å². The number of nitrogens with two attached hydrogens (primary N) is 2. The predicted molar refractivity (Wildman–Crippen MR) is 99.0 cm³/mol. The number of halogens is 6. The van der Waals surface area contributed by atoms with Crippen LogP contribution in [0.5, 0.6) is 0 Å². The van der Waals surface area contributed by atoms with E-state index in [1.54, 1.807) is 11.8 Å². The van der Waals surface area contributed by atoms with Crippen molar-refractivity contribution in [3.8, 4) is 0 Å². The van der Waals surface area contributed by atoms with Gasteiger partial charge in [0, 0.05) is 0 Å². The van der Waals surface area contributed by atoms with E-state index < -0.39 is 48.3 Å². The zero-order valence-corrected chi connectivity index (χ0v) is 17.2. The molecule has 0 saturated heterocycles. The fraction of sp³-hybridized carbons (Fsp3) is 0.733. The van der Waals surface area contributed by atoms with E-state index in [4.69, 9.17) is 41.5 Å². The van der Waals surface area contributed by atoms with Crippen molar-refractivity contribution < 1.29 is 65.9 Å². The Morgan fingerprint density at radius 1 is 0.656 bits per heavy atom. The normalized spacial score (nSPS) is 12.9. The van der Waals surface area contributed by atoms with Gasteiger partial charge in [-0.15, -0.1) is 0 Å². The molecule has 190 valence electrons. The number of unbranched alkanes of at least 4 members (excludes halogenated alkanes) is 2. The second kappa shape index (κ2) is 17.3. The van der Waals surface area contributed by atoms with Crippen LogP contribution in [-0.4, -0.2) is 80.2 Å². The molecule has 0 bridgehead atoms. The van der Waals surface area contributed by atoms with Gasteiger partial charge in [0.05, 0.1) is 0 Å². The molecule has 17 heteroatoms. The van der Waals surface area contributed by atoms with Crippen LogP contribution in [0.4, 0.5) is 26.3 Å². The van der Waals surface area contributed by atoms with Crippen molar-refractivity contribution in [2.75, 3.05) is 11.5 Å². The highest BCUT2D eigenvalue weighted by atomic mass is 32.2. The van der Waals surface area contributed by atoms with Crippen molar-refractivity contribution in [1.82, 2.24) is 0 Å². The fourth-order valence-electron chi connectivity index (χ4n) is 1.30. The molecule has 0 spiro atoms. The summed E-state index contributed by atoms with van der Waals surface area (Å²) in [6.07, 6.45) is -6.45. The third-order valence-corrected chi connectivity index (χ3v) is 4.10. The molecular formula is C15H24F6N2O8S. The van der Waals surface area contributed by atoms with E-state index in [0.717, 1.165) is 30.8 Å². The van der Waals surface area contributed by atoms with Gasteiger partial charge in [-0.2, -0.15) is 38.1 Å². The van der Waals surface area contributed by atoms with Crippen molar-refractivity contribution in [1.29, 1.82) is 0 Å². The smallest absolute Gasteiger partial charge is 0.480 e. The first-order chi connectivity index (χ1) is 14.3. The molecule has 0 radical (unpaired) electrons. The Hall–Kier alpha value is -2.27. The maximum Gasteiger partial charge on any atom is 0.490 e. The molecule has 0 aliphatic carbocycles. The first-order valence-electron chi connectivity index (χ1n) is 8.48. The number of carboxylic acid groups (broad SMARTS) is 4. The van der Waals surface area contributed by atoms with Crippen molar-refractivity contribution >= 4 is 35.6 Å². The largest absolute Gasteiger partial charge is 0.490 e. The number of alkyl halides is 6. The minimum Gasteiger partial charge on any atom is -0.480 e. The van der Waals surface area contributed by atoms with E-state index in [9.17, 15) is 35.9 Å². The molecule has 8 N–H and O–H groups in total. The maximum atomic E-state index is 10.6. The first kappa shape index (κ1) is 34.3. The number of carboxylic acids is 4. The average molecular weight is 506 g/mol. The predicted octanol–water partition coefficient (Wildman–Crippen LogP) is 1.76. The summed E-state index contributed by atoms with van der Waals surface area (Å²) in [5, 5.41) is 31.4. The molecule has 0 aromatic carbocycles. The minimum absolute atomic E-state index is 0.476. The van der Waals surface area contributed by atoms with Crippen LogP contribution in [0, 0.1) is 0 Å². The van der Waals surface area contributed by atoms with Gasteiger partial charge in [0.25, 0.3) is 0 Å². The van der Waals surface area contributed by atoms with Crippen molar-refractivity contribution in [3.05, 3.63) is 0 Å². The first-order valence-corrected chi connectivity index (χ1v) is 9.64. The summed E-state index contributed by atoms with van der Waals surface area (Å²) in [7, 11) is 0. The Bertz CT molecular complexity index is 539. The molecule has 0 rings (SSSR count). The maximum absolute atomic E-state index is 10.6. The molecule has 32 heavy (non-hydrogen) atoms. The highest BCUT2D eigenvalue weighted by molar-refractivity contribution is 7.99. The lowest BCUT2D eigenvalue weighted by molar-refractivity contribution is -0.193. The Morgan fingerprint density at radius 2 is 1.00 bits per heavy atom. The molecule has 0 aliphatic heterocycles. The SMILES string of the molecule is NC(CCCCCSCC[C@H](N)C(=O)O)C(=O)O.O=C(O)C(F)(F)F.O=C(O)C(F)(F)F. The summed E-state index contributed by atoms with van der Waals surface area (Å²) in [5.41, 5.74) is 10.7. The minimum atomic E-state index is -5.08. The van der Waals surface area contributed by atoms with Crippen LogP contribution in [-0.2, 0) is 19.2 Å². The Balaban J connectivity index is -0.000000491. The third-order valence-electron chi connectivity index (χ3n) is 3.00. The van der Waals surface area contributed by atoms with Gasteiger partial charge >= 0.3 is 36.2 Å². The van der Waals surface area contributed by atoms with Gasteiger partial charge in [0.1, 0.15) is 12.1 Å². The lowest BCUT2D eigenvalue weighted by Gasteiger charge is -2.07. The second-order valence-corrected chi connectivity index (χ2v) is 6.97. The third kappa shape index (κ3) is 24.0. The monoisotopic (exact) mass is 506 g/mol. The van der Waals surface area contributed by atoms with Gasteiger partial charge < -0.3 is 31.9 Å². The van der Waals surface area contributed by atoms with Crippen LogP contribution in [0.1, 0.15) is 32.1 Å². The Kier molecular flexibility index (Phi) is 18.6. The number of thioether (sulfide) groups is 1. The molecular weight excluding hydrogens is 482 g/mol. The number of rotatable bonds is 11. The number of aliphatic carboxylic acids is 4. The number of hydrogen-bond donors (Lipinski definition) is 6. The molecule has 0 saturated carbocycles. The van der Waals surface area contributed by atoms with Crippen molar-refractivity contribution in [2.24, 2.45) is 11.5 Å². The molecule has 0 aromatic heterocycles. The van der Waals surface area contributed by atoms with E-state index >= 15 is 0 Å². The van der Waals surface area contributed by atoms with Gasteiger partial charge in [0.15, 0.2) is 0 Å². The van der Waals surface area contributed by atoms with Crippen LogP contribution in [0.25, 0.3) is 0 Å². The van der Waals surface area contributed by atoms with Crippen molar-refractivity contribution in [3.63, 3.8) is 0 Å². The van der Waals surface area contributed by atoms with E-state index in [-0.39, 0.29) is 0 Å². The summed E-state index contributed by atoms with van der Waals surface area (Å²) < 4.78 is 63.5. The van der Waals surface area contributed by atoms with E-state index in [2.05, 4.69) is 0 Å². The van der Waals surface area contributed by atoms with E-state index in [1.807, 2.05) is 0 Å². The summed E-state index contributed by atoms with van der Waals surface area (Å²) in [6, 6.07) is -1.53. The van der Waals surface area contributed by atoms with E-state index in [1.165, 1.54) is 0 Å². The highest BCUT2D eigenvalue weighted by Crippen LogP contribution is 2.14. The average Bonchev–Trinajstić information content (AvgIpc) is 2.62. The Morgan fingerprint density at radius 3 is 1.31 bits per heavy atom. The van der Waals surface area contributed by atoms with Crippen LogP contribution in [0.3, 0.4) is 0 Å². The number of hydrogen-bond acceptors (Lipinski definition) is 7. The molecule has 10 nitrogen and oxygen atoms in total. The fourth-order valence-corrected chi connectivity index (χ4v) is 2.34. The lowest BCUT2D eigenvalue weighted by Crippen LogP contribution is -2.30. The Labute approximate surface area is 181 Å². The highest BCUT2D eigenvalue weighted by Gasteiger charge is 2.38. The molecule has 2 atom stereocenters. The zero-order chi connectivity index (χ0) is 26.1. The van der Waals surface area contributed by atoms with Crippen LogP contribution in [0.15, 0.2) is 0 Å². The van der Waals surface area contributed by atoms with Crippen molar-refractivity contribution in [2.45, 2.75) is 56.5 Å². The molecule has 0 fully saturated rings. The van der Waals surface area contributed by atoms with Gasteiger partial charge in [-0.25, -0.2) is 9.59 Å². The van der Waals surface area contributed by atoms with Gasteiger partial charge in [0.2, 0.25) is 0 Å². The van der Waals surface area contributed by atoms with E-state index in [0.29, 0.717) is 12.8 Å². The summed E-state index contributed by atoms with van der Waals surface area (Å²) in [4.78, 5) is 38.7. The molecule has 0 aliphatic rings. The molecule has 0 amide bonds. The van der Waals surface area contributed by atoms with Crippen LogP contribution < -0.4 is 11.5 Å². The van der Waals surface area contributed by atoms with Gasteiger partial charge in [-0.3, -0.25) is 9.59 Å². The topological polar surface area (TPSA) is 201 Å².